The number of hydrogen-bond donors (Lipinski definition) is 0. The molecule has 6 heteroatoms. The molecule has 0 saturated carbocycles. The molecule has 1 atom stereocenters. The van der Waals surface area contributed by atoms with Crippen LogP contribution in [-0.4, -0.2) is 41.1 Å². The molecule has 1 unspecified atom stereocenters. The van der Waals surface area contributed by atoms with Crippen LogP contribution in [0.3, 0.4) is 0 Å². The number of benzene rings is 1. The van der Waals surface area contributed by atoms with Crippen molar-refractivity contribution in [2.75, 3.05) is 25.1 Å². The maximum absolute atomic E-state index is 12.2. The van der Waals surface area contributed by atoms with Crippen LogP contribution in [0, 0.1) is 5.41 Å². The van der Waals surface area contributed by atoms with Crippen LogP contribution in [-0.2, 0) is 9.53 Å². The summed E-state index contributed by atoms with van der Waals surface area (Å²) in [5.74, 6) is 1.34. The number of ether oxygens (including phenoxy) is 1. The first kappa shape index (κ1) is 16.4. The van der Waals surface area contributed by atoms with Gasteiger partial charge in [-0.2, -0.15) is 0 Å². The maximum Gasteiger partial charge on any atom is 0.313 e. The smallest absolute Gasteiger partial charge is 0.313 e. The molecule has 1 saturated heterocycles. The van der Waals surface area contributed by atoms with Crippen LogP contribution in [0.5, 0.6) is 0 Å². The number of hydrogen-bond acceptors (Lipinski definition) is 6. The Kier molecular flexibility index (Phi) is 4.03. The van der Waals surface area contributed by atoms with E-state index in [1.807, 2.05) is 43.3 Å². The number of esters is 1. The minimum absolute atomic E-state index is 0.173. The van der Waals surface area contributed by atoms with Crippen LogP contribution in [0.1, 0.15) is 13.3 Å². The highest BCUT2D eigenvalue weighted by molar-refractivity contribution is 5.91. The van der Waals surface area contributed by atoms with Crippen molar-refractivity contribution in [2.45, 2.75) is 13.3 Å². The van der Waals surface area contributed by atoms with Crippen molar-refractivity contribution in [2.24, 2.45) is 5.41 Å². The number of anilines is 1. The molecule has 1 aromatic carbocycles. The second-order valence-electron chi connectivity index (χ2n) is 6.85. The molecule has 1 aliphatic rings. The number of rotatable bonds is 3. The molecule has 4 rings (SSSR count). The molecule has 2 aromatic heterocycles. The van der Waals surface area contributed by atoms with Crippen LogP contribution >= 0.6 is 0 Å². The van der Waals surface area contributed by atoms with Crippen molar-refractivity contribution < 1.29 is 9.53 Å². The summed E-state index contributed by atoms with van der Waals surface area (Å²) in [6, 6.07) is 11.8. The minimum atomic E-state index is -0.516. The molecule has 3 aromatic rings. The lowest BCUT2D eigenvalue weighted by molar-refractivity contribution is -0.150. The Morgan fingerprint density at radius 3 is 2.69 bits per heavy atom. The molecule has 0 amide bonds. The minimum Gasteiger partial charge on any atom is -0.469 e. The molecule has 0 radical (unpaired) electrons. The summed E-state index contributed by atoms with van der Waals surface area (Å²) in [5.41, 5.74) is 1.29. The predicted octanol–water partition coefficient (Wildman–Crippen LogP) is 3.08. The Bertz CT molecular complexity index is 960. The fourth-order valence-corrected chi connectivity index (χ4v) is 3.49. The largest absolute Gasteiger partial charge is 0.469 e. The predicted molar refractivity (Wildman–Crippen MR) is 99.7 cm³/mol. The third-order valence-corrected chi connectivity index (χ3v) is 4.97. The highest BCUT2D eigenvalue weighted by Crippen LogP contribution is 2.36. The third kappa shape index (κ3) is 2.77. The first-order valence-electron chi connectivity index (χ1n) is 8.61. The molecule has 0 aliphatic carbocycles. The van der Waals surface area contributed by atoms with Gasteiger partial charge < -0.3 is 9.64 Å². The summed E-state index contributed by atoms with van der Waals surface area (Å²) in [6.45, 7) is 3.28. The standard InChI is InChI=1S/C20H20N4O2/c1-20(19(25)26-2)9-12-24(13-20)18-15-5-3-4-6-16(15)22-17(23-18)14-7-10-21-11-8-14/h3-8,10-11H,9,12-13H2,1-2H3. The van der Waals surface area contributed by atoms with E-state index in [2.05, 4.69) is 9.88 Å². The highest BCUT2D eigenvalue weighted by Gasteiger charge is 2.42. The van der Waals surface area contributed by atoms with E-state index >= 15 is 0 Å². The number of aromatic nitrogens is 3. The summed E-state index contributed by atoms with van der Waals surface area (Å²) >= 11 is 0. The number of fused-ring (bicyclic) bond motifs is 1. The first-order valence-corrected chi connectivity index (χ1v) is 8.61. The van der Waals surface area contributed by atoms with Gasteiger partial charge in [0.2, 0.25) is 0 Å². The third-order valence-electron chi connectivity index (χ3n) is 4.97. The fraction of sp³-hybridized carbons (Fsp3) is 0.300. The van der Waals surface area contributed by atoms with Gasteiger partial charge in [-0.1, -0.05) is 12.1 Å². The zero-order valence-electron chi connectivity index (χ0n) is 14.8. The number of methoxy groups -OCH3 is 1. The van der Waals surface area contributed by atoms with Crippen LogP contribution in [0.4, 0.5) is 5.82 Å². The van der Waals surface area contributed by atoms with Crippen LogP contribution in [0.2, 0.25) is 0 Å². The van der Waals surface area contributed by atoms with Crippen molar-refractivity contribution in [1.82, 2.24) is 15.0 Å². The highest BCUT2D eigenvalue weighted by atomic mass is 16.5. The summed E-state index contributed by atoms with van der Waals surface area (Å²) in [5, 5.41) is 0.986. The van der Waals surface area contributed by atoms with Gasteiger partial charge in [0, 0.05) is 36.4 Å². The van der Waals surface area contributed by atoms with Crippen molar-refractivity contribution in [3.05, 3.63) is 48.8 Å². The molecular formula is C20H20N4O2. The van der Waals surface area contributed by atoms with Gasteiger partial charge in [0.1, 0.15) is 5.82 Å². The maximum atomic E-state index is 12.2. The van der Waals surface area contributed by atoms with Gasteiger partial charge in [0.25, 0.3) is 0 Å². The monoisotopic (exact) mass is 348 g/mol. The lowest BCUT2D eigenvalue weighted by Gasteiger charge is -2.23. The number of para-hydroxylation sites is 1. The van der Waals surface area contributed by atoms with Crippen molar-refractivity contribution in [3.63, 3.8) is 0 Å². The Morgan fingerprint density at radius 2 is 1.92 bits per heavy atom. The van der Waals surface area contributed by atoms with E-state index in [4.69, 9.17) is 14.7 Å². The second-order valence-corrected chi connectivity index (χ2v) is 6.85. The van der Waals surface area contributed by atoms with Gasteiger partial charge in [-0.3, -0.25) is 9.78 Å². The molecule has 26 heavy (non-hydrogen) atoms. The van der Waals surface area contributed by atoms with Crippen LogP contribution in [0.15, 0.2) is 48.8 Å². The average Bonchev–Trinajstić information content (AvgIpc) is 3.10. The quantitative estimate of drug-likeness (QED) is 0.678. The fourth-order valence-electron chi connectivity index (χ4n) is 3.49. The molecule has 6 nitrogen and oxygen atoms in total. The average molecular weight is 348 g/mol. The van der Waals surface area contributed by atoms with E-state index in [0.717, 1.165) is 35.2 Å². The van der Waals surface area contributed by atoms with Crippen molar-refractivity contribution >= 4 is 22.7 Å². The Hall–Kier alpha value is -3.02. The van der Waals surface area contributed by atoms with Gasteiger partial charge in [-0.25, -0.2) is 9.97 Å². The zero-order valence-corrected chi connectivity index (χ0v) is 14.8. The number of carbonyl (C=O) groups excluding carboxylic acids is 1. The van der Waals surface area contributed by atoms with E-state index in [1.165, 1.54) is 7.11 Å². The van der Waals surface area contributed by atoms with Crippen LogP contribution in [0.25, 0.3) is 22.3 Å². The van der Waals surface area contributed by atoms with Gasteiger partial charge >= 0.3 is 5.97 Å². The normalized spacial score (nSPS) is 19.7. The number of carbonyl (C=O) groups is 1. The summed E-state index contributed by atoms with van der Waals surface area (Å²) in [4.78, 5) is 27.9. The summed E-state index contributed by atoms with van der Waals surface area (Å²) in [7, 11) is 1.44. The molecule has 3 heterocycles. The van der Waals surface area contributed by atoms with E-state index in [1.54, 1.807) is 12.4 Å². The molecule has 0 N–H and O–H groups in total. The molecular weight excluding hydrogens is 328 g/mol. The molecule has 1 aliphatic heterocycles. The molecule has 0 spiro atoms. The van der Waals surface area contributed by atoms with E-state index < -0.39 is 5.41 Å². The topological polar surface area (TPSA) is 68.2 Å². The van der Waals surface area contributed by atoms with Gasteiger partial charge in [0.05, 0.1) is 18.0 Å². The van der Waals surface area contributed by atoms with Crippen LogP contribution < -0.4 is 4.90 Å². The number of pyridine rings is 1. The second kappa shape index (κ2) is 6.37. The van der Waals surface area contributed by atoms with Gasteiger partial charge in [0.15, 0.2) is 5.82 Å². The molecule has 1 fully saturated rings. The Morgan fingerprint density at radius 1 is 1.15 bits per heavy atom. The van der Waals surface area contributed by atoms with E-state index in [0.29, 0.717) is 12.4 Å². The zero-order chi connectivity index (χ0) is 18.1. The Labute approximate surface area is 151 Å². The molecule has 0 bridgehead atoms. The lowest BCUT2D eigenvalue weighted by Crippen LogP contribution is -2.33. The summed E-state index contributed by atoms with van der Waals surface area (Å²) in [6.07, 6.45) is 4.21. The van der Waals surface area contributed by atoms with Gasteiger partial charge in [-0.15, -0.1) is 0 Å². The first-order chi connectivity index (χ1) is 12.6. The van der Waals surface area contributed by atoms with Gasteiger partial charge in [-0.05, 0) is 37.6 Å². The van der Waals surface area contributed by atoms with Crippen molar-refractivity contribution in [3.8, 4) is 11.4 Å². The van der Waals surface area contributed by atoms with Crippen molar-refractivity contribution in [1.29, 1.82) is 0 Å². The SMILES string of the molecule is COC(=O)C1(C)CCN(c2nc(-c3ccncc3)nc3ccccc23)C1. The summed E-state index contributed by atoms with van der Waals surface area (Å²) < 4.78 is 5.00. The van der Waals surface area contributed by atoms with E-state index in [9.17, 15) is 4.79 Å². The molecule has 132 valence electrons. The van der Waals surface area contributed by atoms with E-state index in [-0.39, 0.29) is 5.97 Å². The Balaban J connectivity index is 1.81. The number of nitrogens with zero attached hydrogens (tertiary/aromatic N) is 4. The lowest BCUT2D eigenvalue weighted by atomic mass is 9.90.